The van der Waals surface area contributed by atoms with Crippen LogP contribution in [0.4, 0.5) is 0 Å². The van der Waals surface area contributed by atoms with Crippen LogP contribution in [-0.4, -0.2) is 19.8 Å². The molecule has 92 valence electrons. The molecular weight excluding hydrogens is 246 g/mol. The zero-order valence-corrected chi connectivity index (χ0v) is 11.0. The van der Waals surface area contributed by atoms with Gasteiger partial charge >= 0.3 is 0 Å². The molecule has 0 aliphatic carbocycles. The molecule has 0 aliphatic heterocycles. The van der Waals surface area contributed by atoms with Gasteiger partial charge < -0.3 is 5.73 Å². The average Bonchev–Trinajstić information content (AvgIpc) is 2.89. The van der Waals surface area contributed by atoms with E-state index < -0.39 is 0 Å². The van der Waals surface area contributed by atoms with Gasteiger partial charge in [-0.2, -0.15) is 9.61 Å². The Kier molecular flexibility index (Phi) is 2.61. The van der Waals surface area contributed by atoms with Crippen molar-refractivity contribution in [3.8, 4) is 11.4 Å². The first-order chi connectivity index (χ1) is 8.65. The van der Waals surface area contributed by atoms with E-state index in [1.54, 1.807) is 4.52 Å². The van der Waals surface area contributed by atoms with Crippen molar-refractivity contribution in [1.29, 1.82) is 0 Å². The predicted molar refractivity (Wildman–Crippen MR) is 71.4 cm³/mol. The molecule has 3 rings (SSSR count). The highest BCUT2D eigenvalue weighted by Gasteiger charge is 2.14. The summed E-state index contributed by atoms with van der Waals surface area (Å²) < 4.78 is 1.76. The third-order valence-electron chi connectivity index (χ3n) is 2.71. The molecule has 1 atom stereocenters. The van der Waals surface area contributed by atoms with Crippen molar-refractivity contribution in [3.05, 3.63) is 34.8 Å². The summed E-state index contributed by atoms with van der Waals surface area (Å²) in [7, 11) is 0. The van der Waals surface area contributed by atoms with Crippen LogP contribution < -0.4 is 5.73 Å². The molecule has 1 aromatic carbocycles. The molecule has 0 saturated heterocycles. The van der Waals surface area contributed by atoms with E-state index in [0.717, 1.165) is 21.4 Å². The SMILES string of the molecule is Cc1ccc(-c2nnc3sc(C(C)N)nn23)cc1. The van der Waals surface area contributed by atoms with Crippen LogP contribution in [0, 0.1) is 6.92 Å². The van der Waals surface area contributed by atoms with Gasteiger partial charge in [-0.3, -0.25) is 0 Å². The molecule has 2 N–H and O–H groups in total. The Labute approximate surface area is 108 Å². The second-order valence-corrected chi connectivity index (χ2v) is 5.30. The third-order valence-corrected chi connectivity index (χ3v) is 3.81. The van der Waals surface area contributed by atoms with Crippen molar-refractivity contribution in [1.82, 2.24) is 19.8 Å². The molecule has 0 bridgehead atoms. The Morgan fingerprint density at radius 2 is 1.94 bits per heavy atom. The maximum atomic E-state index is 5.83. The van der Waals surface area contributed by atoms with Gasteiger partial charge in [0.15, 0.2) is 5.82 Å². The minimum absolute atomic E-state index is 0.0810. The number of nitrogens with two attached hydrogens (primary N) is 1. The van der Waals surface area contributed by atoms with Gasteiger partial charge in [0.1, 0.15) is 5.01 Å². The molecule has 0 spiro atoms. The number of hydrogen-bond acceptors (Lipinski definition) is 5. The van der Waals surface area contributed by atoms with Gasteiger partial charge in [-0.05, 0) is 13.8 Å². The first-order valence-electron chi connectivity index (χ1n) is 5.70. The van der Waals surface area contributed by atoms with Crippen LogP contribution in [0.2, 0.25) is 0 Å². The molecule has 6 heteroatoms. The lowest BCUT2D eigenvalue weighted by Gasteiger charge is -1.98. The van der Waals surface area contributed by atoms with E-state index in [2.05, 4.69) is 34.4 Å². The maximum Gasteiger partial charge on any atom is 0.235 e. The summed E-state index contributed by atoms with van der Waals surface area (Å²) in [5.41, 5.74) is 8.06. The summed E-state index contributed by atoms with van der Waals surface area (Å²) in [6.07, 6.45) is 0. The molecule has 0 saturated carbocycles. The van der Waals surface area contributed by atoms with Crippen molar-refractivity contribution < 1.29 is 0 Å². The Bertz CT molecular complexity index is 680. The van der Waals surface area contributed by atoms with Crippen LogP contribution in [0.1, 0.15) is 23.5 Å². The van der Waals surface area contributed by atoms with Crippen LogP contribution in [0.25, 0.3) is 16.3 Å². The molecule has 0 amide bonds. The highest BCUT2D eigenvalue weighted by Crippen LogP contribution is 2.23. The van der Waals surface area contributed by atoms with Gasteiger partial charge in [-0.15, -0.1) is 10.2 Å². The van der Waals surface area contributed by atoms with Gasteiger partial charge in [0.25, 0.3) is 0 Å². The van der Waals surface area contributed by atoms with E-state index in [1.165, 1.54) is 16.9 Å². The Morgan fingerprint density at radius 3 is 2.61 bits per heavy atom. The van der Waals surface area contributed by atoms with Gasteiger partial charge in [0, 0.05) is 5.56 Å². The largest absolute Gasteiger partial charge is 0.322 e. The molecule has 2 aromatic heterocycles. The fourth-order valence-electron chi connectivity index (χ4n) is 1.70. The zero-order chi connectivity index (χ0) is 12.7. The van der Waals surface area contributed by atoms with Crippen LogP contribution in [-0.2, 0) is 0 Å². The fourth-order valence-corrected chi connectivity index (χ4v) is 2.49. The van der Waals surface area contributed by atoms with Crippen LogP contribution in [0.15, 0.2) is 24.3 Å². The summed E-state index contributed by atoms with van der Waals surface area (Å²) in [5, 5.41) is 13.6. The van der Waals surface area contributed by atoms with Crippen LogP contribution in [0.3, 0.4) is 0 Å². The van der Waals surface area contributed by atoms with Gasteiger partial charge in [0.05, 0.1) is 6.04 Å². The first kappa shape index (κ1) is 11.3. The number of benzene rings is 1. The van der Waals surface area contributed by atoms with Gasteiger partial charge in [-0.25, -0.2) is 0 Å². The smallest absolute Gasteiger partial charge is 0.235 e. The lowest BCUT2D eigenvalue weighted by atomic mass is 10.1. The maximum absolute atomic E-state index is 5.83. The quantitative estimate of drug-likeness (QED) is 0.766. The molecule has 18 heavy (non-hydrogen) atoms. The minimum Gasteiger partial charge on any atom is -0.322 e. The summed E-state index contributed by atoms with van der Waals surface area (Å²) in [6.45, 7) is 3.97. The number of aromatic nitrogens is 4. The number of fused-ring (bicyclic) bond motifs is 1. The van der Waals surface area contributed by atoms with Crippen LogP contribution in [0.5, 0.6) is 0 Å². The minimum atomic E-state index is -0.0810. The molecule has 0 radical (unpaired) electrons. The molecular formula is C12H13N5S. The standard InChI is InChI=1S/C12H13N5S/c1-7-3-5-9(6-4-7)10-14-15-12-17(10)16-11(18-12)8(2)13/h3-6,8H,13H2,1-2H3. The molecule has 2 heterocycles. The van der Waals surface area contributed by atoms with E-state index in [0.29, 0.717) is 0 Å². The Hall–Kier alpha value is -1.79. The Balaban J connectivity index is 2.14. The highest BCUT2D eigenvalue weighted by molar-refractivity contribution is 7.16. The van der Waals surface area contributed by atoms with Crippen molar-refractivity contribution in [2.75, 3.05) is 0 Å². The van der Waals surface area contributed by atoms with Crippen molar-refractivity contribution >= 4 is 16.3 Å². The Morgan fingerprint density at radius 1 is 1.22 bits per heavy atom. The number of nitrogens with zero attached hydrogens (tertiary/aromatic N) is 4. The monoisotopic (exact) mass is 259 g/mol. The third kappa shape index (κ3) is 1.79. The lowest BCUT2D eigenvalue weighted by molar-refractivity contribution is 0.769. The second-order valence-electron chi connectivity index (χ2n) is 4.31. The van der Waals surface area contributed by atoms with E-state index in [4.69, 9.17) is 5.73 Å². The molecule has 1 unspecified atom stereocenters. The normalized spacial score (nSPS) is 13.1. The molecule has 3 aromatic rings. The van der Waals surface area contributed by atoms with Crippen molar-refractivity contribution in [3.63, 3.8) is 0 Å². The first-order valence-corrected chi connectivity index (χ1v) is 6.51. The van der Waals surface area contributed by atoms with Crippen molar-refractivity contribution in [2.24, 2.45) is 5.73 Å². The number of rotatable bonds is 2. The van der Waals surface area contributed by atoms with E-state index >= 15 is 0 Å². The van der Waals surface area contributed by atoms with Crippen LogP contribution >= 0.6 is 11.3 Å². The summed E-state index contributed by atoms with van der Waals surface area (Å²) in [6, 6.07) is 8.07. The predicted octanol–water partition coefficient (Wildman–Crippen LogP) is 2.18. The fraction of sp³-hybridized carbons (Fsp3) is 0.250. The molecule has 0 fully saturated rings. The van der Waals surface area contributed by atoms with E-state index in [-0.39, 0.29) is 6.04 Å². The second kappa shape index (κ2) is 4.15. The van der Waals surface area contributed by atoms with Crippen molar-refractivity contribution in [2.45, 2.75) is 19.9 Å². The average molecular weight is 259 g/mol. The van der Waals surface area contributed by atoms with Gasteiger partial charge in [-0.1, -0.05) is 41.2 Å². The van der Waals surface area contributed by atoms with E-state index in [9.17, 15) is 0 Å². The summed E-state index contributed by atoms with van der Waals surface area (Å²) >= 11 is 1.48. The molecule has 5 nitrogen and oxygen atoms in total. The highest BCUT2D eigenvalue weighted by atomic mass is 32.1. The summed E-state index contributed by atoms with van der Waals surface area (Å²) in [5.74, 6) is 0.758. The molecule has 0 aliphatic rings. The summed E-state index contributed by atoms with van der Waals surface area (Å²) in [4.78, 5) is 0.776. The van der Waals surface area contributed by atoms with E-state index in [1.807, 2.05) is 19.1 Å². The number of aryl methyl sites for hydroxylation is 1. The zero-order valence-electron chi connectivity index (χ0n) is 10.2. The van der Waals surface area contributed by atoms with Gasteiger partial charge in [0.2, 0.25) is 4.96 Å². The topological polar surface area (TPSA) is 69.1 Å². The number of hydrogen-bond donors (Lipinski definition) is 1. The lowest BCUT2D eigenvalue weighted by Crippen LogP contribution is -2.05.